The van der Waals surface area contributed by atoms with Crippen molar-refractivity contribution >= 4 is 60.6 Å². The fraction of sp³-hybridized carbons (Fsp3) is 0.294. The van der Waals surface area contributed by atoms with Crippen LogP contribution in [0.5, 0.6) is 0 Å². The molecule has 4 nitrogen and oxygen atoms in total. The topological polar surface area (TPSA) is 40.6 Å². The van der Waals surface area contributed by atoms with Crippen LogP contribution in [-0.2, 0) is 0 Å². The zero-order chi connectivity index (χ0) is 18.1. The molecule has 2 heterocycles. The maximum atomic E-state index is 14.3. The van der Waals surface area contributed by atoms with Crippen LogP contribution in [0.25, 0.3) is 0 Å². The van der Waals surface area contributed by atoms with Crippen LogP contribution in [0, 0.1) is 5.82 Å². The molecule has 0 atom stereocenters. The number of ketones is 1. The molecule has 0 bridgehead atoms. The van der Waals surface area contributed by atoms with Gasteiger partial charge in [-0.1, -0.05) is 0 Å². The molecule has 0 aliphatic carbocycles. The predicted octanol–water partition coefficient (Wildman–Crippen LogP) is 4.58. The van der Waals surface area contributed by atoms with Crippen LogP contribution >= 0.6 is 43.2 Å². The lowest BCUT2D eigenvalue weighted by Gasteiger charge is -2.36. The van der Waals surface area contributed by atoms with Gasteiger partial charge < -0.3 is 9.80 Å². The van der Waals surface area contributed by atoms with Crippen molar-refractivity contribution in [3.05, 3.63) is 48.8 Å². The van der Waals surface area contributed by atoms with Gasteiger partial charge in [0.15, 0.2) is 5.78 Å². The van der Waals surface area contributed by atoms with Crippen molar-refractivity contribution in [3.8, 4) is 0 Å². The minimum absolute atomic E-state index is 0.0107. The third kappa shape index (κ3) is 3.96. The Hall–Kier alpha value is -1.25. The largest absolute Gasteiger partial charge is 0.366 e. The molecule has 1 aromatic heterocycles. The molecule has 1 aromatic carbocycles. The summed E-state index contributed by atoms with van der Waals surface area (Å²) in [7, 11) is 0. The second kappa shape index (κ2) is 7.55. The predicted molar refractivity (Wildman–Crippen MR) is 104 cm³/mol. The number of hydrogen-bond acceptors (Lipinski definition) is 4. The summed E-state index contributed by atoms with van der Waals surface area (Å²) in [5.41, 5.74) is 0.836. The van der Waals surface area contributed by atoms with Crippen LogP contribution < -0.4 is 4.90 Å². The van der Waals surface area contributed by atoms with Crippen molar-refractivity contribution in [1.29, 1.82) is 0 Å². The Morgan fingerprint density at radius 1 is 1.12 bits per heavy atom. The van der Waals surface area contributed by atoms with Gasteiger partial charge in [0.05, 0.1) is 14.4 Å². The van der Waals surface area contributed by atoms with Crippen LogP contribution in [0.2, 0.25) is 0 Å². The summed E-state index contributed by atoms with van der Waals surface area (Å²) < 4.78 is 16.0. The molecular weight excluding hydrogens is 475 g/mol. The summed E-state index contributed by atoms with van der Waals surface area (Å²) in [5.74, 6) is -0.573. The Morgan fingerprint density at radius 2 is 1.80 bits per heavy atom. The minimum atomic E-state index is -0.404. The van der Waals surface area contributed by atoms with E-state index < -0.39 is 5.82 Å². The number of anilines is 1. The lowest BCUT2D eigenvalue weighted by atomic mass is 10.1. The molecule has 0 spiro atoms. The second-order valence-corrected chi connectivity index (χ2v) is 8.96. The molecule has 1 saturated heterocycles. The highest BCUT2D eigenvalue weighted by Crippen LogP contribution is 2.33. The number of rotatable bonds is 3. The van der Waals surface area contributed by atoms with Crippen LogP contribution in [-0.4, -0.2) is 42.8 Å². The van der Waals surface area contributed by atoms with Crippen LogP contribution in [0.4, 0.5) is 10.1 Å². The quantitative estimate of drug-likeness (QED) is 0.592. The average molecular weight is 490 g/mol. The molecule has 25 heavy (non-hydrogen) atoms. The van der Waals surface area contributed by atoms with E-state index in [9.17, 15) is 14.0 Å². The zero-order valence-corrected chi connectivity index (χ0v) is 17.4. The smallest absolute Gasteiger partial charge is 0.264 e. The number of thiophene rings is 1. The van der Waals surface area contributed by atoms with Crippen LogP contribution in [0.3, 0.4) is 0 Å². The molecule has 132 valence electrons. The number of piperazine rings is 1. The summed E-state index contributed by atoms with van der Waals surface area (Å²) in [6, 6.07) is 6.36. The molecule has 1 amide bonds. The average Bonchev–Trinajstić information content (AvgIpc) is 2.93. The van der Waals surface area contributed by atoms with Crippen molar-refractivity contribution in [3.63, 3.8) is 0 Å². The van der Waals surface area contributed by atoms with Crippen molar-refractivity contribution in [2.45, 2.75) is 6.92 Å². The number of Topliss-reactive ketones (excluding diaryl/α,β-unsaturated/α-hetero) is 1. The van der Waals surface area contributed by atoms with Crippen molar-refractivity contribution in [2.75, 3.05) is 31.1 Å². The molecule has 8 heteroatoms. The Labute approximate surface area is 165 Å². The highest BCUT2D eigenvalue weighted by atomic mass is 79.9. The van der Waals surface area contributed by atoms with E-state index in [-0.39, 0.29) is 11.7 Å². The van der Waals surface area contributed by atoms with Gasteiger partial charge in [-0.3, -0.25) is 9.59 Å². The lowest BCUT2D eigenvalue weighted by molar-refractivity contribution is 0.0751. The van der Waals surface area contributed by atoms with Crippen molar-refractivity contribution in [1.82, 2.24) is 4.90 Å². The standard InChI is InChI=1S/C17H15Br2FN2O2S/c1-10(23)11-2-3-14(13(20)8-11)21-4-6-22(7-5-21)17(24)15-9-12(18)16(19)25-15/h2-3,8-9H,4-7H2,1H3. The Kier molecular flexibility index (Phi) is 5.60. The monoisotopic (exact) mass is 488 g/mol. The highest BCUT2D eigenvalue weighted by molar-refractivity contribution is 9.13. The first-order chi connectivity index (χ1) is 11.9. The van der Waals surface area contributed by atoms with E-state index in [4.69, 9.17) is 0 Å². The number of benzene rings is 1. The van der Waals surface area contributed by atoms with E-state index in [2.05, 4.69) is 31.9 Å². The number of carbonyl (C=O) groups is 2. The first-order valence-electron chi connectivity index (χ1n) is 7.66. The third-order valence-electron chi connectivity index (χ3n) is 4.12. The normalized spacial score (nSPS) is 14.7. The van der Waals surface area contributed by atoms with E-state index in [1.165, 1.54) is 24.3 Å². The Morgan fingerprint density at radius 3 is 2.32 bits per heavy atom. The van der Waals surface area contributed by atoms with E-state index in [0.717, 1.165) is 8.26 Å². The summed E-state index contributed by atoms with van der Waals surface area (Å²) in [6.07, 6.45) is 0. The van der Waals surface area contributed by atoms with E-state index in [0.29, 0.717) is 42.3 Å². The van der Waals surface area contributed by atoms with Gasteiger partial charge in [0, 0.05) is 36.2 Å². The first kappa shape index (κ1) is 18.5. The molecule has 1 aliphatic rings. The number of nitrogens with zero attached hydrogens (tertiary/aromatic N) is 2. The molecular formula is C17H15Br2FN2O2S. The maximum Gasteiger partial charge on any atom is 0.264 e. The van der Waals surface area contributed by atoms with Crippen molar-refractivity contribution < 1.29 is 14.0 Å². The van der Waals surface area contributed by atoms with Gasteiger partial charge in [-0.05, 0) is 63.0 Å². The maximum absolute atomic E-state index is 14.3. The van der Waals surface area contributed by atoms with Gasteiger partial charge in [0.2, 0.25) is 0 Å². The molecule has 2 aromatic rings. The third-order valence-corrected chi connectivity index (χ3v) is 7.36. The van der Waals surface area contributed by atoms with E-state index in [1.807, 2.05) is 11.0 Å². The van der Waals surface area contributed by atoms with E-state index in [1.54, 1.807) is 17.0 Å². The number of hydrogen-bond donors (Lipinski definition) is 0. The zero-order valence-electron chi connectivity index (χ0n) is 13.4. The van der Waals surface area contributed by atoms with Gasteiger partial charge in [0.1, 0.15) is 5.82 Å². The minimum Gasteiger partial charge on any atom is -0.366 e. The lowest BCUT2D eigenvalue weighted by Crippen LogP contribution is -2.48. The first-order valence-corrected chi connectivity index (χ1v) is 10.1. The SMILES string of the molecule is CC(=O)c1ccc(N2CCN(C(=O)c3cc(Br)c(Br)s3)CC2)c(F)c1. The highest BCUT2D eigenvalue weighted by Gasteiger charge is 2.25. The molecule has 0 N–H and O–H groups in total. The Bertz CT molecular complexity index is 813. The number of carbonyl (C=O) groups excluding carboxylic acids is 2. The number of amides is 1. The molecule has 1 fully saturated rings. The van der Waals surface area contributed by atoms with Crippen LogP contribution in [0.1, 0.15) is 27.0 Å². The van der Waals surface area contributed by atoms with Crippen molar-refractivity contribution in [2.24, 2.45) is 0 Å². The fourth-order valence-electron chi connectivity index (χ4n) is 2.74. The summed E-state index contributed by atoms with van der Waals surface area (Å²) in [5, 5.41) is 0. The summed E-state index contributed by atoms with van der Waals surface area (Å²) in [4.78, 5) is 28.3. The number of halogens is 3. The summed E-state index contributed by atoms with van der Waals surface area (Å²) in [6.45, 7) is 3.57. The molecule has 0 radical (unpaired) electrons. The van der Waals surface area contributed by atoms with Gasteiger partial charge >= 0.3 is 0 Å². The van der Waals surface area contributed by atoms with Gasteiger partial charge in [-0.25, -0.2) is 4.39 Å². The molecule has 0 saturated carbocycles. The van der Waals surface area contributed by atoms with Crippen LogP contribution in [0.15, 0.2) is 32.5 Å². The molecule has 3 rings (SSSR count). The van der Waals surface area contributed by atoms with E-state index >= 15 is 0 Å². The second-order valence-electron chi connectivity index (χ2n) is 5.73. The molecule has 0 unspecified atom stereocenters. The van der Waals surface area contributed by atoms with Gasteiger partial charge in [-0.2, -0.15) is 0 Å². The van der Waals surface area contributed by atoms with Gasteiger partial charge in [0.25, 0.3) is 5.91 Å². The molecule has 1 aliphatic heterocycles. The Balaban J connectivity index is 1.67. The fourth-order valence-corrected chi connectivity index (χ4v) is 4.74. The summed E-state index contributed by atoms with van der Waals surface area (Å²) >= 11 is 8.18. The van der Waals surface area contributed by atoms with Gasteiger partial charge in [-0.15, -0.1) is 11.3 Å².